The number of benzene rings is 6. The van der Waals surface area contributed by atoms with Crippen LogP contribution in [0.5, 0.6) is 0 Å². The molecule has 6 aromatic rings. The third kappa shape index (κ3) is 10.5. The number of sulfonamides is 1. The van der Waals surface area contributed by atoms with Gasteiger partial charge in [-0.2, -0.15) is 4.72 Å². The molecule has 0 spiro atoms. The number of aryl methyl sites for hydroxylation is 1. The van der Waals surface area contributed by atoms with Crippen LogP contribution >= 0.6 is 11.8 Å². The molecule has 0 aromatic heterocycles. The molecule has 5 atom stereocenters. The van der Waals surface area contributed by atoms with Gasteiger partial charge in [-0.3, -0.25) is 4.79 Å². The number of rotatable bonds is 15. The first kappa shape index (κ1) is 41.1. The summed E-state index contributed by atoms with van der Waals surface area (Å²) in [6.07, 6.45) is -0.670. The Bertz CT molecular complexity index is 2360. The van der Waals surface area contributed by atoms with Gasteiger partial charge in [-0.25, -0.2) is 8.42 Å². The summed E-state index contributed by atoms with van der Waals surface area (Å²) in [5.74, 6) is 0.430. The van der Waals surface area contributed by atoms with Crippen molar-refractivity contribution in [2.24, 2.45) is 5.92 Å². The van der Waals surface area contributed by atoms with E-state index in [1.807, 2.05) is 128 Å². The summed E-state index contributed by atoms with van der Waals surface area (Å²) in [5.41, 5.74) is 7.41. The van der Waals surface area contributed by atoms with Gasteiger partial charge in [0.25, 0.3) is 0 Å². The van der Waals surface area contributed by atoms with Crippen molar-refractivity contribution in [3.63, 3.8) is 0 Å². The minimum absolute atomic E-state index is 0.0125. The van der Waals surface area contributed by atoms with Crippen LogP contribution in [0.25, 0.3) is 11.1 Å². The fraction of sp³-hybridized carbons (Fsp3) is 0.229. The molecule has 0 bridgehead atoms. The van der Waals surface area contributed by atoms with Crippen LogP contribution in [0.15, 0.2) is 168 Å². The Kier molecular flexibility index (Phi) is 13.6. The standard InChI is InChI=1S/C48H48N2O6S2/c1-33-16-26-43(27-17-33)58(53,54)50-44(29-35-10-5-3-6-11-35)47(52)49-30-37-12-9-13-41(28-37)38-22-24-40(25-23-38)48-55-45(32-57-42-14-7-4-8-15-42)34(2)46(56-48)39-20-18-36(31-51)19-21-39/h3-28,34,44-46,48,50-51H,29-32H2,1-2H3,(H,49,52)/t34-,44-,45+,46+,48+/m1/s1. The number of carbonyl (C=O) groups excluding carboxylic acids is 1. The Morgan fingerprint density at radius 2 is 1.38 bits per heavy atom. The Balaban J connectivity index is 1.04. The lowest BCUT2D eigenvalue weighted by atomic mass is 9.91. The third-order valence-corrected chi connectivity index (χ3v) is 13.0. The number of ether oxygens (including phenoxy) is 2. The van der Waals surface area contributed by atoms with Gasteiger partial charge in [0.15, 0.2) is 6.29 Å². The van der Waals surface area contributed by atoms with E-state index < -0.39 is 28.3 Å². The van der Waals surface area contributed by atoms with E-state index in [9.17, 15) is 18.3 Å². The van der Waals surface area contributed by atoms with Gasteiger partial charge < -0.3 is 19.9 Å². The van der Waals surface area contributed by atoms with Gasteiger partial charge in [0.2, 0.25) is 15.9 Å². The topological polar surface area (TPSA) is 114 Å². The number of hydrogen-bond donors (Lipinski definition) is 3. The maximum atomic E-state index is 13.7. The zero-order chi connectivity index (χ0) is 40.5. The molecule has 1 saturated heterocycles. The van der Waals surface area contributed by atoms with E-state index in [-0.39, 0.29) is 42.6 Å². The van der Waals surface area contributed by atoms with E-state index in [0.29, 0.717) is 0 Å². The Hall–Kier alpha value is -5.07. The maximum absolute atomic E-state index is 13.7. The van der Waals surface area contributed by atoms with Crippen LogP contribution in [-0.2, 0) is 43.9 Å². The molecule has 298 valence electrons. The minimum Gasteiger partial charge on any atom is -0.392 e. The smallest absolute Gasteiger partial charge is 0.241 e. The molecule has 58 heavy (non-hydrogen) atoms. The molecule has 10 heteroatoms. The van der Waals surface area contributed by atoms with E-state index in [4.69, 9.17) is 9.47 Å². The van der Waals surface area contributed by atoms with Crippen LogP contribution in [0.3, 0.4) is 0 Å². The predicted octanol–water partition coefficient (Wildman–Crippen LogP) is 8.94. The fourth-order valence-electron chi connectivity index (χ4n) is 7.02. The lowest BCUT2D eigenvalue weighted by Gasteiger charge is -2.41. The van der Waals surface area contributed by atoms with Gasteiger partial charge in [-0.05, 0) is 77.1 Å². The van der Waals surface area contributed by atoms with Crippen LogP contribution in [0.4, 0.5) is 0 Å². The molecule has 0 saturated carbocycles. The summed E-state index contributed by atoms with van der Waals surface area (Å²) in [5, 5.41) is 12.6. The van der Waals surface area contributed by atoms with Gasteiger partial charge >= 0.3 is 0 Å². The molecule has 8 nitrogen and oxygen atoms in total. The SMILES string of the molecule is Cc1ccc(S(=O)(=O)N[C@H](Cc2ccccc2)C(=O)NCc2cccc(-c3ccc([C@H]4O[C@@H](CSc5ccccc5)[C@@H](C)[C@@H](c5ccc(CO)cc5)O4)cc3)c2)cc1. The van der Waals surface area contributed by atoms with E-state index in [1.165, 1.54) is 4.90 Å². The van der Waals surface area contributed by atoms with Crippen LogP contribution in [-0.4, -0.2) is 37.3 Å². The predicted molar refractivity (Wildman–Crippen MR) is 229 cm³/mol. The molecular formula is C48H48N2O6S2. The molecule has 0 unspecified atom stereocenters. The van der Waals surface area contributed by atoms with Crippen molar-refractivity contribution in [1.29, 1.82) is 0 Å². The zero-order valence-electron chi connectivity index (χ0n) is 32.5. The Labute approximate surface area is 345 Å². The number of thioether (sulfide) groups is 1. The minimum atomic E-state index is -3.96. The van der Waals surface area contributed by atoms with Crippen LogP contribution < -0.4 is 10.0 Å². The normalized spacial score (nSPS) is 18.7. The quantitative estimate of drug-likeness (QED) is 0.0888. The molecule has 0 aliphatic carbocycles. The van der Waals surface area contributed by atoms with E-state index in [1.54, 1.807) is 36.0 Å². The van der Waals surface area contributed by atoms with Gasteiger partial charge in [0, 0.05) is 28.7 Å². The highest BCUT2D eigenvalue weighted by Crippen LogP contribution is 2.43. The molecule has 6 aromatic carbocycles. The number of amides is 1. The van der Waals surface area contributed by atoms with Gasteiger partial charge in [0.05, 0.1) is 23.7 Å². The van der Waals surface area contributed by atoms with Gasteiger partial charge in [-0.1, -0.05) is 140 Å². The van der Waals surface area contributed by atoms with E-state index in [2.05, 4.69) is 29.1 Å². The van der Waals surface area contributed by atoms with Crippen molar-refractivity contribution in [2.45, 2.75) is 67.8 Å². The van der Waals surface area contributed by atoms with Crippen molar-refractivity contribution in [3.8, 4) is 11.1 Å². The van der Waals surface area contributed by atoms with Crippen molar-refractivity contribution in [2.75, 3.05) is 5.75 Å². The largest absolute Gasteiger partial charge is 0.392 e. The second kappa shape index (κ2) is 19.1. The number of nitrogens with one attached hydrogen (secondary N) is 2. The Morgan fingerprint density at radius 3 is 2.07 bits per heavy atom. The molecule has 7 rings (SSSR count). The average Bonchev–Trinajstić information content (AvgIpc) is 3.26. The maximum Gasteiger partial charge on any atom is 0.241 e. The molecule has 1 fully saturated rings. The first-order chi connectivity index (χ1) is 28.1. The molecule has 1 aliphatic heterocycles. The van der Waals surface area contributed by atoms with E-state index >= 15 is 0 Å². The molecule has 1 amide bonds. The molecule has 0 radical (unpaired) electrons. The van der Waals surface area contributed by atoms with Crippen molar-refractivity contribution in [1.82, 2.24) is 10.0 Å². The number of aliphatic hydroxyl groups excluding tert-OH is 1. The lowest BCUT2D eigenvalue weighted by Crippen LogP contribution is -2.47. The summed E-state index contributed by atoms with van der Waals surface area (Å²) < 4.78 is 42.7. The average molecular weight is 813 g/mol. The first-order valence-electron chi connectivity index (χ1n) is 19.4. The molecule has 1 aliphatic rings. The summed E-state index contributed by atoms with van der Waals surface area (Å²) in [7, 11) is -3.96. The molecular weight excluding hydrogens is 765 g/mol. The highest BCUT2D eigenvalue weighted by molar-refractivity contribution is 7.99. The highest BCUT2D eigenvalue weighted by Gasteiger charge is 2.38. The molecule has 1 heterocycles. The second-order valence-electron chi connectivity index (χ2n) is 14.7. The van der Waals surface area contributed by atoms with Crippen LogP contribution in [0.1, 0.15) is 52.7 Å². The van der Waals surface area contributed by atoms with Crippen LogP contribution in [0, 0.1) is 12.8 Å². The number of aliphatic hydroxyl groups is 1. The number of carbonyl (C=O) groups is 1. The van der Waals surface area contributed by atoms with Crippen molar-refractivity contribution in [3.05, 3.63) is 191 Å². The molecule has 3 N–H and O–H groups in total. The highest BCUT2D eigenvalue weighted by atomic mass is 32.2. The first-order valence-corrected chi connectivity index (χ1v) is 21.9. The van der Waals surface area contributed by atoms with Crippen LogP contribution in [0.2, 0.25) is 0 Å². The van der Waals surface area contributed by atoms with Gasteiger partial charge in [0.1, 0.15) is 6.04 Å². The van der Waals surface area contributed by atoms with Crippen molar-refractivity contribution >= 4 is 27.7 Å². The third-order valence-electron chi connectivity index (χ3n) is 10.4. The second-order valence-corrected chi connectivity index (χ2v) is 17.5. The number of hydrogen-bond acceptors (Lipinski definition) is 7. The zero-order valence-corrected chi connectivity index (χ0v) is 34.2. The summed E-state index contributed by atoms with van der Waals surface area (Å²) >= 11 is 1.77. The summed E-state index contributed by atoms with van der Waals surface area (Å²) in [4.78, 5) is 14.9. The summed E-state index contributed by atoms with van der Waals surface area (Å²) in [6, 6.07) is 49.3. The fourth-order valence-corrected chi connectivity index (χ4v) is 9.31. The monoisotopic (exact) mass is 812 g/mol. The lowest BCUT2D eigenvalue weighted by molar-refractivity contribution is -0.268. The summed E-state index contributed by atoms with van der Waals surface area (Å²) in [6.45, 7) is 4.26. The van der Waals surface area contributed by atoms with E-state index in [0.717, 1.165) is 50.3 Å². The van der Waals surface area contributed by atoms with Gasteiger partial charge in [-0.15, -0.1) is 11.8 Å². The Morgan fingerprint density at radius 1 is 0.724 bits per heavy atom. The van der Waals surface area contributed by atoms with Crippen molar-refractivity contribution < 1.29 is 27.8 Å².